The molecule has 3 aromatic rings. The number of nitrogens with zero attached hydrogens (tertiary/aromatic N) is 1. The fourth-order valence-electron chi connectivity index (χ4n) is 2.56. The highest BCUT2D eigenvalue weighted by molar-refractivity contribution is 7.89. The number of carbonyl (C=O) groups excluding carboxylic acids is 1. The molecule has 0 aliphatic heterocycles. The molecule has 1 heterocycles. The summed E-state index contributed by atoms with van der Waals surface area (Å²) in [4.78, 5) is 11.1. The predicted octanol–water partition coefficient (Wildman–Crippen LogP) is 3.55. The Morgan fingerprint density at radius 3 is 2.21 bits per heavy atom. The summed E-state index contributed by atoms with van der Waals surface area (Å²) in [5, 5.41) is 12.8. The molecule has 154 valence electrons. The Bertz CT molecular complexity index is 1040. The van der Waals surface area contributed by atoms with Gasteiger partial charge in [0.1, 0.15) is 11.5 Å². The summed E-state index contributed by atoms with van der Waals surface area (Å²) in [6.45, 7) is 5.45. The zero-order chi connectivity index (χ0) is 21.4. The Labute approximate surface area is 169 Å². The topological polar surface area (TPSA) is 119 Å². The minimum Gasteiger partial charge on any atom is -0.466 e. The lowest BCUT2D eigenvalue weighted by molar-refractivity contribution is -0.140. The van der Waals surface area contributed by atoms with Gasteiger partial charge in [-0.25, -0.2) is 8.42 Å². The summed E-state index contributed by atoms with van der Waals surface area (Å²) in [6.07, 6.45) is 0. The van der Waals surface area contributed by atoms with Crippen LogP contribution in [0.15, 0.2) is 64.0 Å². The summed E-state index contributed by atoms with van der Waals surface area (Å²) >= 11 is 0. The third-order valence-corrected chi connectivity index (χ3v) is 4.96. The van der Waals surface area contributed by atoms with Gasteiger partial charge in [-0.1, -0.05) is 52.5 Å². The van der Waals surface area contributed by atoms with E-state index in [4.69, 9.17) is 9.73 Å². The van der Waals surface area contributed by atoms with E-state index in [9.17, 15) is 13.2 Å². The summed E-state index contributed by atoms with van der Waals surface area (Å²) in [6, 6.07) is 15.7. The molecule has 9 heteroatoms. The molecule has 0 radical (unpaired) electrons. The van der Waals surface area contributed by atoms with Crippen LogP contribution in [-0.2, 0) is 19.6 Å². The van der Waals surface area contributed by atoms with Crippen LogP contribution < -0.4 is 4.89 Å². The molecule has 0 aliphatic rings. The maximum absolute atomic E-state index is 11.6. The van der Waals surface area contributed by atoms with Crippen LogP contribution in [0.4, 0.5) is 0 Å². The number of hydrogen-bond donors (Lipinski definition) is 2. The van der Waals surface area contributed by atoms with Crippen LogP contribution in [0.25, 0.3) is 22.4 Å². The van der Waals surface area contributed by atoms with Gasteiger partial charge in [0.05, 0.1) is 17.1 Å². The maximum atomic E-state index is 11.6. The van der Waals surface area contributed by atoms with E-state index in [0.29, 0.717) is 18.1 Å². The van der Waals surface area contributed by atoms with E-state index in [-0.39, 0.29) is 10.9 Å². The normalized spacial score (nSPS) is 10.8. The minimum atomic E-state index is -3.89. The van der Waals surface area contributed by atoms with E-state index in [1.165, 1.54) is 23.9 Å². The second kappa shape index (κ2) is 9.97. The number of ether oxygens (including phenoxy) is 1. The molecule has 8 nitrogen and oxygen atoms in total. The average Bonchev–Trinajstić information content (AvgIpc) is 3.10. The highest BCUT2D eigenvalue weighted by Gasteiger charge is 2.18. The highest BCUT2D eigenvalue weighted by atomic mass is 32.2. The quantitative estimate of drug-likeness (QED) is 0.480. The minimum absolute atomic E-state index is 0.0286. The van der Waals surface area contributed by atoms with Crippen molar-refractivity contribution >= 4 is 16.0 Å². The van der Waals surface area contributed by atoms with E-state index in [0.717, 1.165) is 16.7 Å². The first-order valence-corrected chi connectivity index (χ1v) is 10.2. The van der Waals surface area contributed by atoms with E-state index >= 15 is 0 Å². The first-order chi connectivity index (χ1) is 13.8. The number of benzene rings is 2. The third kappa shape index (κ3) is 5.74. The van der Waals surface area contributed by atoms with Crippen molar-refractivity contribution in [1.29, 1.82) is 0 Å². The molecule has 29 heavy (non-hydrogen) atoms. The monoisotopic (exact) mass is 418 g/mol. The van der Waals surface area contributed by atoms with Crippen LogP contribution in [0.3, 0.4) is 0 Å². The van der Waals surface area contributed by atoms with Crippen LogP contribution in [0.1, 0.15) is 19.6 Å². The molecular formula is C20H22N2O6S. The standard InChI is InChI=1S/C16H14N2O4S.C4H8O2/c1-11-15(16(17-22-11)13-5-3-2-4-6-13)12-7-9-14(10-8-12)23(20,21)18-19;1-3-6-4(2)5/h2-10,18-19H,1H3;3H2,1-2H3. The molecule has 0 aliphatic carbocycles. The fraction of sp³-hybridized carbons (Fsp3) is 0.200. The molecule has 0 atom stereocenters. The van der Waals surface area contributed by atoms with Gasteiger partial charge in [0.15, 0.2) is 0 Å². The Morgan fingerprint density at radius 1 is 1.10 bits per heavy atom. The summed E-state index contributed by atoms with van der Waals surface area (Å²) in [7, 11) is -3.89. The van der Waals surface area contributed by atoms with Crippen molar-refractivity contribution in [3.63, 3.8) is 0 Å². The summed E-state index contributed by atoms with van der Waals surface area (Å²) < 4.78 is 32.8. The number of sulfonamides is 1. The molecule has 3 rings (SSSR count). The van der Waals surface area contributed by atoms with Crippen molar-refractivity contribution in [1.82, 2.24) is 10.0 Å². The first-order valence-electron chi connectivity index (χ1n) is 8.71. The van der Waals surface area contributed by atoms with Gasteiger partial charge in [-0.15, -0.1) is 0 Å². The second-order valence-corrected chi connectivity index (χ2v) is 7.53. The first kappa shape index (κ1) is 22.3. The van der Waals surface area contributed by atoms with Gasteiger partial charge in [0.2, 0.25) is 0 Å². The van der Waals surface area contributed by atoms with Crippen LogP contribution >= 0.6 is 0 Å². The average molecular weight is 418 g/mol. The maximum Gasteiger partial charge on any atom is 0.302 e. The Morgan fingerprint density at radius 2 is 1.72 bits per heavy atom. The van der Waals surface area contributed by atoms with Gasteiger partial charge >= 0.3 is 5.97 Å². The number of carbonyl (C=O) groups is 1. The van der Waals surface area contributed by atoms with Crippen LogP contribution in [0.2, 0.25) is 0 Å². The largest absolute Gasteiger partial charge is 0.466 e. The van der Waals surface area contributed by atoms with E-state index in [2.05, 4.69) is 9.89 Å². The van der Waals surface area contributed by atoms with Crippen molar-refractivity contribution in [3.8, 4) is 22.4 Å². The highest BCUT2D eigenvalue weighted by Crippen LogP contribution is 2.34. The van der Waals surface area contributed by atoms with Gasteiger partial charge < -0.3 is 14.5 Å². The Balaban J connectivity index is 0.000000438. The number of rotatable bonds is 5. The van der Waals surface area contributed by atoms with E-state index < -0.39 is 10.0 Å². The number of hydrogen-bond acceptors (Lipinski definition) is 7. The zero-order valence-electron chi connectivity index (χ0n) is 16.2. The van der Waals surface area contributed by atoms with Gasteiger partial charge in [-0.05, 0) is 31.5 Å². The van der Waals surface area contributed by atoms with E-state index in [1.807, 2.05) is 30.3 Å². The van der Waals surface area contributed by atoms with Crippen LogP contribution in [0, 0.1) is 6.92 Å². The lowest BCUT2D eigenvalue weighted by Gasteiger charge is -2.05. The van der Waals surface area contributed by atoms with Gasteiger partial charge in [0.25, 0.3) is 10.0 Å². The molecule has 0 fully saturated rings. The Kier molecular flexibility index (Phi) is 7.66. The smallest absolute Gasteiger partial charge is 0.302 e. The molecular weight excluding hydrogens is 396 g/mol. The molecule has 0 saturated heterocycles. The van der Waals surface area contributed by atoms with Crippen molar-refractivity contribution in [2.75, 3.05) is 6.61 Å². The molecule has 2 aromatic carbocycles. The zero-order valence-corrected chi connectivity index (χ0v) is 17.1. The van der Waals surface area contributed by atoms with Crippen molar-refractivity contribution in [2.45, 2.75) is 25.7 Å². The molecule has 0 unspecified atom stereocenters. The van der Waals surface area contributed by atoms with Crippen molar-refractivity contribution < 1.29 is 27.7 Å². The van der Waals surface area contributed by atoms with E-state index in [1.54, 1.807) is 26.0 Å². The SMILES string of the molecule is CCOC(C)=O.Cc1onc(-c2ccccc2)c1-c1ccc(S(=O)(=O)NO)cc1. The molecule has 0 bridgehead atoms. The number of aryl methyl sites for hydroxylation is 1. The van der Waals surface area contributed by atoms with Gasteiger partial charge in [-0.2, -0.15) is 0 Å². The lowest BCUT2D eigenvalue weighted by Crippen LogP contribution is -2.19. The summed E-state index contributed by atoms with van der Waals surface area (Å²) in [5.74, 6) is 0.428. The van der Waals surface area contributed by atoms with Crippen molar-refractivity contribution in [2.24, 2.45) is 0 Å². The van der Waals surface area contributed by atoms with Gasteiger partial charge in [0, 0.05) is 12.5 Å². The van der Waals surface area contributed by atoms with Crippen molar-refractivity contribution in [3.05, 3.63) is 60.4 Å². The predicted molar refractivity (Wildman–Crippen MR) is 107 cm³/mol. The summed E-state index contributed by atoms with van der Waals surface area (Å²) in [5.41, 5.74) is 3.18. The molecule has 0 saturated carbocycles. The number of nitrogens with one attached hydrogen (secondary N) is 1. The second-order valence-electron chi connectivity index (χ2n) is 5.87. The molecule has 2 N–H and O–H groups in total. The van der Waals surface area contributed by atoms with Crippen LogP contribution in [0.5, 0.6) is 0 Å². The van der Waals surface area contributed by atoms with Gasteiger partial charge in [-0.3, -0.25) is 4.79 Å². The molecule has 0 amide bonds. The lowest BCUT2D eigenvalue weighted by atomic mass is 10.00. The fourth-order valence-corrected chi connectivity index (χ4v) is 3.16. The third-order valence-electron chi connectivity index (χ3n) is 3.83. The number of esters is 1. The van der Waals surface area contributed by atoms with Crippen LogP contribution in [-0.4, -0.2) is 31.4 Å². The molecule has 1 aromatic heterocycles. The number of aromatic nitrogens is 1. The Hall–Kier alpha value is -3.01. The molecule has 0 spiro atoms.